The number of alkyl carbamates (subject to hydrolysis) is 3. The molecule has 12 nitrogen and oxygen atoms in total. The molecule has 12 aliphatic rings. The molecule has 24 atom stereocenters. The Bertz CT molecular complexity index is 2980. The standard InChI is InChI=1S/C99H170N6O6/c1-67(2)24-16-27-70(7)82-36-39-85-79-33-30-73-64-76(42-48-94(73,10)88(79)45-51-97(82,85)13)109-91(106)101-55-20-59-104(58-19-54-100)62-23-63-105(60-21-56-102-92(107)110-77-43-49-95(11)74(65-77)31-34-80-86-40-37-83(71(8)28-17-25-68(3)4)98(86,14)52-46-89(80)95)61-22-57-103-93(108)111-78-44-50-96(12)75(66-78)32-35-81-87-41-38-84(72(9)29-18-26-69(5)6)99(87,15)53-47-90(81)96/h30-32,67-72,76-90H,16-29,33-66,100H2,1-15H3,(H,101,106)(H,102,107)(H,103,108). The number of allylic oxidation sites excluding steroid dienone is 3. The summed E-state index contributed by atoms with van der Waals surface area (Å²) < 4.78 is 18.9. The van der Waals surface area contributed by atoms with Crippen LogP contribution >= 0.6 is 0 Å². The van der Waals surface area contributed by atoms with Gasteiger partial charge in [0, 0.05) is 38.9 Å². The fourth-order valence-electron chi connectivity index (χ4n) is 29.8. The highest BCUT2D eigenvalue weighted by Gasteiger charge is 2.63. The van der Waals surface area contributed by atoms with Gasteiger partial charge in [0.25, 0.3) is 0 Å². The van der Waals surface area contributed by atoms with Crippen molar-refractivity contribution in [2.75, 3.05) is 65.4 Å². The minimum atomic E-state index is -0.279. The zero-order valence-corrected chi connectivity index (χ0v) is 74.2. The predicted octanol–water partition coefficient (Wildman–Crippen LogP) is 23.9. The van der Waals surface area contributed by atoms with Crippen molar-refractivity contribution in [1.82, 2.24) is 25.8 Å². The van der Waals surface area contributed by atoms with E-state index in [0.717, 1.165) is 236 Å². The van der Waals surface area contributed by atoms with Crippen molar-refractivity contribution >= 4 is 18.3 Å². The number of nitrogens with two attached hydrogens (primary N) is 1. The number of nitrogens with one attached hydrogen (secondary N) is 3. The molecule has 12 heteroatoms. The Morgan fingerprint density at radius 1 is 0.369 bits per heavy atom. The van der Waals surface area contributed by atoms with E-state index in [1.807, 2.05) is 0 Å². The van der Waals surface area contributed by atoms with Gasteiger partial charge in [-0.2, -0.15) is 0 Å². The Balaban J connectivity index is 0.595. The third kappa shape index (κ3) is 19.8. The fraction of sp³-hybridized carbons (Fsp3) is 0.909. The first-order valence-corrected chi connectivity index (χ1v) is 48.2. The molecule has 12 rings (SSSR count). The molecule has 0 spiro atoms. The molecule has 111 heavy (non-hydrogen) atoms. The van der Waals surface area contributed by atoms with Crippen LogP contribution in [0.2, 0.25) is 0 Å². The van der Waals surface area contributed by atoms with Crippen molar-refractivity contribution in [2.24, 2.45) is 145 Å². The summed E-state index contributed by atoms with van der Waals surface area (Å²) in [5, 5.41) is 9.57. The molecular weight excluding hydrogens is 1370 g/mol. The molecular formula is C99H170N6O6. The number of carbonyl (C=O) groups excluding carboxylic acids is 3. The molecule has 9 saturated carbocycles. The SMILES string of the molecule is CC(C)CCCC(C)C1CCC2C3CC=C4CC(OC(=O)NCCCN(CCCN)CCCN(CCCNC(=O)OC5CCC6(C)C(=CCC7C6CCC6(C)C(C(C)CCCC(C)C)CCC76)C5)CCCNC(=O)OC5CCC6(C)C(=CCC7C6CCC6(C)C(C(C)CCCC(C)C)CCC76)C5)CCC4(C)C3CCC12C. The highest BCUT2D eigenvalue weighted by Crippen LogP contribution is 2.71. The van der Waals surface area contributed by atoms with Crippen molar-refractivity contribution in [2.45, 2.75) is 366 Å². The molecule has 0 saturated heterocycles. The van der Waals surface area contributed by atoms with Gasteiger partial charge in [0.05, 0.1) is 0 Å². The molecule has 24 unspecified atom stereocenters. The van der Waals surface area contributed by atoms with Crippen LogP contribution in [0.4, 0.5) is 14.4 Å². The van der Waals surface area contributed by atoms with E-state index in [2.05, 4.69) is 148 Å². The molecule has 0 bridgehead atoms. The maximum atomic E-state index is 13.7. The number of fused-ring (bicyclic) bond motifs is 15. The largest absolute Gasteiger partial charge is 0.446 e. The lowest BCUT2D eigenvalue weighted by atomic mass is 9.47. The van der Waals surface area contributed by atoms with E-state index in [1.165, 1.54) is 154 Å². The molecule has 0 aromatic rings. The van der Waals surface area contributed by atoms with Gasteiger partial charge >= 0.3 is 18.3 Å². The molecule has 0 aromatic heterocycles. The Morgan fingerprint density at radius 3 is 0.946 bits per heavy atom. The predicted molar refractivity (Wildman–Crippen MR) is 459 cm³/mol. The number of amides is 3. The number of nitrogens with zero attached hydrogens (tertiary/aromatic N) is 2. The second-order valence-electron chi connectivity index (χ2n) is 43.7. The van der Waals surface area contributed by atoms with Gasteiger partial charge in [-0.1, -0.05) is 197 Å². The van der Waals surface area contributed by atoms with Gasteiger partial charge in [-0.3, -0.25) is 0 Å². The van der Waals surface area contributed by atoms with Gasteiger partial charge in [0.1, 0.15) is 18.3 Å². The lowest BCUT2D eigenvalue weighted by Gasteiger charge is -2.58. The highest BCUT2D eigenvalue weighted by atomic mass is 16.6. The van der Waals surface area contributed by atoms with Gasteiger partial charge in [0.2, 0.25) is 0 Å². The third-order valence-electron chi connectivity index (χ3n) is 36.0. The molecule has 3 amide bonds. The van der Waals surface area contributed by atoms with Crippen LogP contribution in [0.15, 0.2) is 34.9 Å². The van der Waals surface area contributed by atoms with Crippen LogP contribution < -0.4 is 21.7 Å². The number of carbonyl (C=O) groups is 3. The molecule has 0 aromatic carbocycles. The monoisotopic (exact) mass is 1540 g/mol. The first kappa shape index (κ1) is 87.2. The quantitative estimate of drug-likeness (QED) is 0.0271. The molecule has 9 fully saturated rings. The van der Waals surface area contributed by atoms with E-state index >= 15 is 0 Å². The molecule has 5 N–H and O–H groups in total. The van der Waals surface area contributed by atoms with Crippen LogP contribution in [0, 0.1) is 139 Å². The topological polar surface area (TPSA) is 147 Å². The summed E-state index contributed by atoms with van der Waals surface area (Å²) in [7, 11) is 0. The normalized spacial score (nSPS) is 38.2. The fourth-order valence-corrected chi connectivity index (χ4v) is 29.8. The van der Waals surface area contributed by atoms with Crippen molar-refractivity contribution in [3.63, 3.8) is 0 Å². The molecule has 0 aliphatic heterocycles. The average Bonchev–Trinajstić information content (AvgIpc) is 1.61. The van der Waals surface area contributed by atoms with Crippen molar-refractivity contribution in [3.8, 4) is 0 Å². The van der Waals surface area contributed by atoms with Crippen LogP contribution in [-0.2, 0) is 14.2 Å². The second kappa shape index (κ2) is 38.3. The van der Waals surface area contributed by atoms with Crippen molar-refractivity contribution < 1.29 is 28.6 Å². The summed E-state index contributed by atoms with van der Waals surface area (Å²) in [4.78, 5) is 46.1. The Hall–Kier alpha value is -3.09. The van der Waals surface area contributed by atoms with E-state index in [4.69, 9.17) is 19.9 Å². The van der Waals surface area contributed by atoms with Crippen LogP contribution in [0.3, 0.4) is 0 Å². The minimum absolute atomic E-state index is 0.0574. The van der Waals surface area contributed by atoms with Gasteiger partial charge in [-0.05, 0) is 352 Å². The Morgan fingerprint density at radius 2 is 0.658 bits per heavy atom. The molecule has 0 heterocycles. The number of rotatable bonds is 37. The summed E-state index contributed by atoms with van der Waals surface area (Å²) in [6.45, 7) is 45.5. The minimum Gasteiger partial charge on any atom is -0.446 e. The lowest BCUT2D eigenvalue weighted by molar-refractivity contribution is -0.0581. The van der Waals surface area contributed by atoms with E-state index in [0.29, 0.717) is 42.4 Å². The smallest absolute Gasteiger partial charge is 0.407 e. The van der Waals surface area contributed by atoms with Gasteiger partial charge < -0.3 is 45.7 Å². The first-order chi connectivity index (χ1) is 53.1. The number of hydrogen-bond donors (Lipinski definition) is 4. The van der Waals surface area contributed by atoms with Crippen molar-refractivity contribution in [1.29, 1.82) is 0 Å². The van der Waals surface area contributed by atoms with Crippen LogP contribution in [0.5, 0.6) is 0 Å². The summed E-state index contributed by atoms with van der Waals surface area (Å²) in [5.74, 6) is 14.6. The number of ether oxygens (including phenoxy) is 3. The Kier molecular flexibility index (Phi) is 30.1. The average molecular weight is 1540 g/mol. The second-order valence-corrected chi connectivity index (χ2v) is 43.7. The van der Waals surface area contributed by atoms with Gasteiger partial charge in [-0.15, -0.1) is 0 Å². The number of hydrogen-bond acceptors (Lipinski definition) is 9. The van der Waals surface area contributed by atoms with E-state index in [1.54, 1.807) is 16.7 Å². The van der Waals surface area contributed by atoms with Crippen LogP contribution in [0.1, 0.15) is 348 Å². The van der Waals surface area contributed by atoms with E-state index < -0.39 is 0 Å². The van der Waals surface area contributed by atoms with Gasteiger partial charge in [0.15, 0.2) is 0 Å². The third-order valence-corrected chi connectivity index (χ3v) is 36.0. The molecule has 12 aliphatic carbocycles. The summed E-state index contributed by atoms with van der Waals surface area (Å²) in [6.07, 6.45) is 52.8. The molecule has 632 valence electrons. The van der Waals surface area contributed by atoms with Crippen LogP contribution in [0.25, 0.3) is 0 Å². The molecule has 0 radical (unpaired) electrons. The summed E-state index contributed by atoms with van der Waals surface area (Å²) in [5.41, 5.74) is 13.0. The van der Waals surface area contributed by atoms with Crippen LogP contribution in [-0.4, -0.2) is 112 Å². The zero-order valence-electron chi connectivity index (χ0n) is 74.2. The highest BCUT2D eigenvalue weighted by molar-refractivity contribution is 5.68. The zero-order chi connectivity index (χ0) is 79.0. The van der Waals surface area contributed by atoms with Gasteiger partial charge in [-0.25, -0.2) is 14.4 Å². The maximum Gasteiger partial charge on any atom is 0.407 e. The van der Waals surface area contributed by atoms with Crippen molar-refractivity contribution in [3.05, 3.63) is 34.9 Å². The Labute approximate surface area is 680 Å². The first-order valence-electron chi connectivity index (χ1n) is 48.2. The summed E-state index contributed by atoms with van der Waals surface area (Å²) >= 11 is 0. The van der Waals surface area contributed by atoms with E-state index in [9.17, 15) is 14.4 Å². The maximum absolute atomic E-state index is 13.7. The lowest BCUT2D eigenvalue weighted by Crippen LogP contribution is -2.51. The van der Waals surface area contributed by atoms with E-state index in [-0.39, 0.29) is 52.8 Å². The summed E-state index contributed by atoms with van der Waals surface area (Å²) in [6, 6.07) is 0.